The van der Waals surface area contributed by atoms with Crippen molar-refractivity contribution in [2.45, 2.75) is 137 Å². The molecule has 6 aliphatic carbocycles. The van der Waals surface area contributed by atoms with Crippen LogP contribution in [-0.4, -0.2) is 54.0 Å². The number of Topliss-reactive ketones (excluding diaryl/α,β-unsaturated/α-hetero) is 1. The van der Waals surface area contributed by atoms with Gasteiger partial charge in [-0.15, -0.1) is 0 Å². The quantitative estimate of drug-likeness (QED) is 0.0879. The summed E-state index contributed by atoms with van der Waals surface area (Å²) in [6.07, 6.45) is 5.52. The molecule has 324 valence electrons. The average molecular weight is 834 g/mol. The summed E-state index contributed by atoms with van der Waals surface area (Å²) in [5, 5.41) is 24.1. The number of fused-ring (bicyclic) bond motifs is 2. The number of amides is 1. The van der Waals surface area contributed by atoms with Crippen LogP contribution in [0.4, 0.5) is 0 Å². The summed E-state index contributed by atoms with van der Waals surface area (Å²) < 4.78 is 0. The normalized spacial score (nSPS) is 18.8. The molecule has 2 unspecified atom stereocenters. The van der Waals surface area contributed by atoms with Crippen molar-refractivity contribution >= 4 is 33.8 Å². The Bertz CT molecular complexity index is 2510. The molecule has 62 heavy (non-hydrogen) atoms. The van der Waals surface area contributed by atoms with Crippen LogP contribution in [0.3, 0.4) is 0 Å². The van der Waals surface area contributed by atoms with Crippen molar-refractivity contribution < 1.29 is 19.8 Å². The molecule has 6 aromatic rings. The van der Waals surface area contributed by atoms with Crippen molar-refractivity contribution in [2.75, 3.05) is 0 Å². The minimum atomic E-state index is -0.700. The fraction of sp³-hybridized carbons (Fsp3) is 0.472. The second-order valence-electron chi connectivity index (χ2n) is 21.2. The number of ketones is 1. The van der Waals surface area contributed by atoms with Gasteiger partial charge in [0.15, 0.2) is 0 Å². The smallest absolute Gasteiger partial charge is 0.229 e. The Hall–Kier alpha value is -5.12. The van der Waals surface area contributed by atoms with E-state index in [0.29, 0.717) is 19.3 Å². The predicted molar refractivity (Wildman–Crippen MR) is 247 cm³/mol. The summed E-state index contributed by atoms with van der Waals surface area (Å²) in [5.41, 5.74) is 11.8. The minimum Gasteiger partial charge on any atom is -0.392 e. The monoisotopic (exact) mass is 833 g/mol. The third kappa shape index (κ3) is 7.80. The van der Waals surface area contributed by atoms with Gasteiger partial charge in [0, 0.05) is 12.3 Å². The summed E-state index contributed by atoms with van der Waals surface area (Å²) >= 11 is 0. The van der Waals surface area contributed by atoms with Crippen LogP contribution in [0, 0.1) is 21.7 Å². The number of benzene rings is 4. The number of imidazole rings is 2. The molecule has 6 aliphatic rings. The van der Waals surface area contributed by atoms with Crippen molar-refractivity contribution in [1.29, 1.82) is 0 Å². The zero-order valence-corrected chi connectivity index (χ0v) is 37.7. The maximum absolute atomic E-state index is 13.6. The van der Waals surface area contributed by atoms with Gasteiger partial charge < -0.3 is 25.5 Å². The number of carbonyl (C=O) groups excluding carboxylic acids is 2. The Balaban J connectivity index is 0.974. The number of rotatable bonds is 11. The zero-order valence-electron chi connectivity index (χ0n) is 37.7. The summed E-state index contributed by atoms with van der Waals surface area (Å²) in [5.74, 6) is 1.50. The minimum absolute atomic E-state index is 0.0989. The van der Waals surface area contributed by atoms with E-state index in [0.717, 1.165) is 83.4 Å². The number of aliphatic hydroxyl groups is 2. The molecule has 1 amide bonds. The van der Waals surface area contributed by atoms with Crippen LogP contribution in [0.2, 0.25) is 0 Å². The van der Waals surface area contributed by atoms with E-state index < -0.39 is 23.0 Å². The van der Waals surface area contributed by atoms with Crippen LogP contribution in [0.5, 0.6) is 0 Å². The number of aromatic amines is 2. The third-order valence-corrected chi connectivity index (χ3v) is 14.7. The SMILES string of the molecule is CC(O)C1(C(=O)C[C@H](c2nc3ccc(-c4cc5ccc4CCc4ccc(c(-c6ccc7nc([C@@H](NC(=O)C8(C(C)O)CC8)C(C)(C)C)[nH]c7c6)c4)CC5)cc3[nH]2)C(C)(C)C)CC1. The molecule has 0 spiro atoms. The van der Waals surface area contributed by atoms with Crippen LogP contribution in [-0.2, 0) is 35.3 Å². The second-order valence-corrected chi connectivity index (χ2v) is 21.2. The first kappa shape index (κ1) is 42.2. The number of hydrogen-bond acceptors (Lipinski definition) is 6. The fourth-order valence-electron chi connectivity index (χ4n) is 9.99. The highest BCUT2D eigenvalue weighted by Gasteiger charge is 2.55. The molecule has 0 radical (unpaired) electrons. The molecule has 2 aromatic heterocycles. The molecule has 5 N–H and O–H groups in total. The van der Waals surface area contributed by atoms with E-state index in [9.17, 15) is 19.8 Å². The van der Waals surface area contributed by atoms with Gasteiger partial charge in [-0.05, 0) is 145 Å². The predicted octanol–water partition coefficient (Wildman–Crippen LogP) is 10.3. The zero-order chi connectivity index (χ0) is 43.9. The van der Waals surface area contributed by atoms with Crippen molar-refractivity contribution in [3.63, 3.8) is 0 Å². The lowest BCUT2D eigenvalue weighted by Gasteiger charge is -2.32. The summed E-state index contributed by atoms with van der Waals surface area (Å²) in [4.78, 5) is 44.3. The number of aromatic nitrogens is 4. The molecular formula is C53H63N5O4. The van der Waals surface area contributed by atoms with Gasteiger partial charge in [-0.25, -0.2) is 9.97 Å². The van der Waals surface area contributed by atoms with Gasteiger partial charge in [0.2, 0.25) is 5.91 Å². The number of nitrogens with one attached hydrogen (secondary N) is 3. The highest BCUT2D eigenvalue weighted by Crippen LogP contribution is 2.53. The lowest BCUT2D eigenvalue weighted by Crippen LogP contribution is -2.44. The molecular weight excluding hydrogens is 771 g/mol. The molecule has 4 bridgehead atoms. The van der Waals surface area contributed by atoms with E-state index in [1.807, 2.05) is 0 Å². The average Bonchev–Trinajstić information content (AvgIpc) is 4.13. The first-order valence-electron chi connectivity index (χ1n) is 22.8. The molecule has 12 rings (SSSR count). The maximum Gasteiger partial charge on any atom is 0.229 e. The molecule has 9 nitrogen and oxygen atoms in total. The number of H-pyrrole nitrogens is 2. The van der Waals surface area contributed by atoms with E-state index in [1.54, 1.807) is 13.8 Å². The molecule has 2 heterocycles. The van der Waals surface area contributed by atoms with Gasteiger partial charge in [-0.3, -0.25) is 9.59 Å². The van der Waals surface area contributed by atoms with E-state index in [4.69, 9.17) is 9.97 Å². The topological polar surface area (TPSA) is 144 Å². The molecule has 0 saturated heterocycles. The molecule has 4 atom stereocenters. The van der Waals surface area contributed by atoms with Crippen molar-refractivity contribution in [3.8, 4) is 22.3 Å². The molecule has 0 aliphatic heterocycles. The van der Waals surface area contributed by atoms with Crippen LogP contribution in [0.15, 0.2) is 72.8 Å². The van der Waals surface area contributed by atoms with E-state index >= 15 is 0 Å². The Morgan fingerprint density at radius 2 is 1.13 bits per heavy atom. The highest BCUT2D eigenvalue weighted by atomic mass is 16.3. The molecule has 2 saturated carbocycles. The van der Waals surface area contributed by atoms with Gasteiger partial charge in [0.05, 0.1) is 51.1 Å². The van der Waals surface area contributed by atoms with E-state index in [-0.39, 0.29) is 34.5 Å². The standard InChI is InChI=1S/C53H63N5O4/c1-30(59)52(21-22-52)45(61)29-40(50(3,4)5)47-54-41-19-17-36(27-43(41)56-47)38-25-32-9-13-34(38)14-10-33-12-16-35(15-11-32)39(26-33)37-18-20-42-44(28-37)57-48(55-42)46(51(6,7)8)58-49(62)53(23-24-53)31(2)60/h9,12-13,16-20,25-28,30-31,40,46,59-60H,10-11,14-15,21-24,29H2,1-8H3,(H,54,56)(H,55,57)(H,58,62)/t30?,31?,40-,46-/m1/s1. The number of carbonyl (C=O) groups is 2. The van der Waals surface area contributed by atoms with Crippen LogP contribution in [0.1, 0.15) is 133 Å². The first-order chi connectivity index (χ1) is 29.3. The molecule has 9 heteroatoms. The Morgan fingerprint density at radius 3 is 1.58 bits per heavy atom. The highest BCUT2D eigenvalue weighted by molar-refractivity contribution is 5.89. The first-order valence-corrected chi connectivity index (χ1v) is 22.8. The Kier molecular flexibility index (Phi) is 10.4. The molecule has 2 fully saturated rings. The van der Waals surface area contributed by atoms with Gasteiger partial charge >= 0.3 is 0 Å². The van der Waals surface area contributed by atoms with Gasteiger partial charge in [-0.2, -0.15) is 0 Å². The Labute approximate surface area is 365 Å². The van der Waals surface area contributed by atoms with Crippen molar-refractivity contribution in [2.24, 2.45) is 21.7 Å². The van der Waals surface area contributed by atoms with Crippen LogP contribution >= 0.6 is 0 Å². The lowest BCUT2D eigenvalue weighted by molar-refractivity contribution is -0.132. The van der Waals surface area contributed by atoms with Gasteiger partial charge in [0.1, 0.15) is 17.4 Å². The van der Waals surface area contributed by atoms with Crippen LogP contribution in [0.25, 0.3) is 44.3 Å². The Morgan fingerprint density at radius 1 is 0.645 bits per heavy atom. The van der Waals surface area contributed by atoms with E-state index in [2.05, 4.69) is 130 Å². The number of nitrogens with zero attached hydrogens (tertiary/aromatic N) is 2. The van der Waals surface area contributed by atoms with Crippen LogP contribution < -0.4 is 5.32 Å². The van der Waals surface area contributed by atoms with E-state index in [1.165, 1.54) is 33.4 Å². The number of hydrogen-bond donors (Lipinski definition) is 5. The van der Waals surface area contributed by atoms with Crippen molar-refractivity contribution in [1.82, 2.24) is 25.3 Å². The second kappa shape index (κ2) is 15.3. The van der Waals surface area contributed by atoms with Gasteiger partial charge in [0.25, 0.3) is 0 Å². The number of aryl methyl sites for hydroxylation is 4. The summed E-state index contributed by atoms with van der Waals surface area (Å²) in [6.45, 7) is 16.3. The van der Waals surface area contributed by atoms with Crippen molar-refractivity contribution in [3.05, 3.63) is 107 Å². The molecule has 4 aromatic carbocycles. The summed E-state index contributed by atoms with van der Waals surface area (Å²) in [6, 6.07) is 26.5. The number of aliphatic hydroxyl groups excluding tert-OH is 2. The van der Waals surface area contributed by atoms with Gasteiger partial charge in [-0.1, -0.05) is 90.1 Å². The largest absolute Gasteiger partial charge is 0.392 e. The summed E-state index contributed by atoms with van der Waals surface area (Å²) in [7, 11) is 0. The lowest BCUT2D eigenvalue weighted by atomic mass is 9.75. The third-order valence-electron chi connectivity index (χ3n) is 14.7. The maximum atomic E-state index is 13.6. The fourth-order valence-corrected chi connectivity index (χ4v) is 9.99.